The standard InChI is InChI=1S/C16H32N2/c1-13-7-5-8-14(11-13)18-10-6-9-17-15(12-18)16(2,3)4/h13-15,17H,5-12H2,1-4H3. The lowest BCUT2D eigenvalue weighted by atomic mass is 9.84. The third kappa shape index (κ3) is 3.71. The third-order valence-corrected chi connectivity index (χ3v) is 4.90. The maximum absolute atomic E-state index is 3.76. The van der Waals surface area contributed by atoms with Gasteiger partial charge in [-0.05, 0) is 43.7 Å². The van der Waals surface area contributed by atoms with Crippen molar-refractivity contribution in [2.45, 2.75) is 71.9 Å². The van der Waals surface area contributed by atoms with E-state index in [9.17, 15) is 0 Å². The van der Waals surface area contributed by atoms with Gasteiger partial charge in [-0.1, -0.05) is 40.5 Å². The minimum absolute atomic E-state index is 0.378. The fourth-order valence-electron chi connectivity index (χ4n) is 3.59. The summed E-state index contributed by atoms with van der Waals surface area (Å²) in [4.78, 5) is 2.80. The van der Waals surface area contributed by atoms with E-state index in [1.807, 2.05) is 0 Å². The molecule has 2 fully saturated rings. The lowest BCUT2D eigenvalue weighted by molar-refractivity contribution is 0.112. The average molecular weight is 252 g/mol. The van der Waals surface area contributed by atoms with E-state index in [0.29, 0.717) is 11.5 Å². The van der Waals surface area contributed by atoms with Crippen molar-refractivity contribution in [2.75, 3.05) is 19.6 Å². The fraction of sp³-hybridized carbons (Fsp3) is 1.00. The van der Waals surface area contributed by atoms with Gasteiger partial charge in [0.05, 0.1) is 0 Å². The summed E-state index contributed by atoms with van der Waals surface area (Å²) in [6, 6.07) is 1.51. The van der Waals surface area contributed by atoms with Crippen molar-refractivity contribution < 1.29 is 0 Å². The van der Waals surface area contributed by atoms with Gasteiger partial charge in [-0.25, -0.2) is 0 Å². The zero-order chi connectivity index (χ0) is 13.2. The summed E-state index contributed by atoms with van der Waals surface area (Å²) in [5.41, 5.74) is 0.378. The predicted molar refractivity (Wildman–Crippen MR) is 78.9 cm³/mol. The molecule has 0 aromatic rings. The Bertz CT molecular complexity index is 256. The maximum atomic E-state index is 3.76. The smallest absolute Gasteiger partial charge is 0.0243 e. The lowest BCUT2D eigenvalue weighted by Gasteiger charge is -2.40. The molecule has 18 heavy (non-hydrogen) atoms. The Morgan fingerprint density at radius 1 is 1.11 bits per heavy atom. The topological polar surface area (TPSA) is 15.3 Å². The Morgan fingerprint density at radius 3 is 2.56 bits per heavy atom. The van der Waals surface area contributed by atoms with Gasteiger partial charge in [-0.2, -0.15) is 0 Å². The highest BCUT2D eigenvalue weighted by Crippen LogP contribution is 2.30. The molecule has 1 saturated carbocycles. The van der Waals surface area contributed by atoms with E-state index in [1.54, 1.807) is 0 Å². The summed E-state index contributed by atoms with van der Waals surface area (Å²) in [7, 11) is 0. The molecule has 3 atom stereocenters. The number of hydrogen-bond acceptors (Lipinski definition) is 2. The van der Waals surface area contributed by atoms with Crippen molar-refractivity contribution in [1.29, 1.82) is 0 Å². The average Bonchev–Trinajstić information content (AvgIpc) is 2.53. The molecule has 2 nitrogen and oxygen atoms in total. The molecule has 2 rings (SSSR count). The highest BCUT2D eigenvalue weighted by Gasteiger charge is 2.32. The Labute approximate surface area is 114 Å². The molecule has 2 aliphatic rings. The van der Waals surface area contributed by atoms with Gasteiger partial charge in [0.15, 0.2) is 0 Å². The van der Waals surface area contributed by atoms with E-state index in [0.717, 1.165) is 12.0 Å². The van der Waals surface area contributed by atoms with Crippen LogP contribution in [-0.4, -0.2) is 36.6 Å². The quantitative estimate of drug-likeness (QED) is 0.770. The van der Waals surface area contributed by atoms with Crippen LogP contribution in [0, 0.1) is 11.3 Å². The molecule has 1 heterocycles. The van der Waals surface area contributed by atoms with Gasteiger partial charge in [0, 0.05) is 18.6 Å². The van der Waals surface area contributed by atoms with Crippen LogP contribution in [0.1, 0.15) is 59.8 Å². The van der Waals surface area contributed by atoms with Gasteiger partial charge in [-0.3, -0.25) is 4.90 Å². The summed E-state index contributed by atoms with van der Waals surface area (Å²) >= 11 is 0. The molecule has 106 valence electrons. The van der Waals surface area contributed by atoms with E-state index in [4.69, 9.17) is 0 Å². The number of nitrogens with one attached hydrogen (secondary N) is 1. The van der Waals surface area contributed by atoms with Crippen LogP contribution in [0.15, 0.2) is 0 Å². The normalized spacial score (nSPS) is 36.3. The predicted octanol–water partition coefficient (Wildman–Crippen LogP) is 3.28. The van der Waals surface area contributed by atoms with E-state index in [1.165, 1.54) is 51.7 Å². The lowest BCUT2D eigenvalue weighted by Crippen LogP contribution is -2.49. The van der Waals surface area contributed by atoms with Crippen LogP contribution in [-0.2, 0) is 0 Å². The molecule has 1 aliphatic carbocycles. The molecule has 0 aromatic heterocycles. The van der Waals surface area contributed by atoms with Crippen LogP contribution in [0.2, 0.25) is 0 Å². The summed E-state index contributed by atoms with van der Waals surface area (Å²) in [5.74, 6) is 0.938. The van der Waals surface area contributed by atoms with Crippen LogP contribution in [0.25, 0.3) is 0 Å². The number of hydrogen-bond donors (Lipinski definition) is 1. The van der Waals surface area contributed by atoms with Gasteiger partial charge in [0.2, 0.25) is 0 Å². The minimum atomic E-state index is 0.378. The Morgan fingerprint density at radius 2 is 1.89 bits per heavy atom. The second kappa shape index (κ2) is 5.92. The molecule has 2 heteroatoms. The Balaban J connectivity index is 1.98. The van der Waals surface area contributed by atoms with Gasteiger partial charge in [0.25, 0.3) is 0 Å². The molecule has 0 aromatic carbocycles. The van der Waals surface area contributed by atoms with E-state index >= 15 is 0 Å². The molecule has 0 radical (unpaired) electrons. The molecule has 0 spiro atoms. The van der Waals surface area contributed by atoms with Crippen molar-refractivity contribution in [2.24, 2.45) is 11.3 Å². The summed E-state index contributed by atoms with van der Waals surface area (Å²) in [6.07, 6.45) is 7.07. The van der Waals surface area contributed by atoms with E-state index in [-0.39, 0.29) is 0 Å². The Kier molecular flexibility index (Phi) is 4.71. The number of nitrogens with zero attached hydrogens (tertiary/aromatic N) is 1. The number of rotatable bonds is 1. The Hall–Kier alpha value is -0.0800. The molecule has 1 saturated heterocycles. The first kappa shape index (κ1) is 14.3. The molecule has 0 amide bonds. The zero-order valence-electron chi connectivity index (χ0n) is 12.8. The monoisotopic (exact) mass is 252 g/mol. The highest BCUT2D eigenvalue weighted by molar-refractivity contribution is 4.89. The van der Waals surface area contributed by atoms with Crippen molar-refractivity contribution in [1.82, 2.24) is 10.2 Å². The SMILES string of the molecule is CC1CCCC(N2CCCNC(C(C)(C)C)C2)C1. The van der Waals surface area contributed by atoms with E-state index in [2.05, 4.69) is 37.9 Å². The van der Waals surface area contributed by atoms with Gasteiger partial charge >= 0.3 is 0 Å². The largest absolute Gasteiger partial charge is 0.312 e. The van der Waals surface area contributed by atoms with Crippen LogP contribution in [0.4, 0.5) is 0 Å². The summed E-state index contributed by atoms with van der Waals surface area (Å²) < 4.78 is 0. The van der Waals surface area contributed by atoms with Crippen molar-refractivity contribution in [3.8, 4) is 0 Å². The van der Waals surface area contributed by atoms with Crippen molar-refractivity contribution in [3.63, 3.8) is 0 Å². The highest BCUT2D eigenvalue weighted by atomic mass is 15.2. The van der Waals surface area contributed by atoms with Crippen LogP contribution in [0.5, 0.6) is 0 Å². The van der Waals surface area contributed by atoms with E-state index < -0.39 is 0 Å². The summed E-state index contributed by atoms with van der Waals surface area (Å²) in [5, 5.41) is 3.76. The minimum Gasteiger partial charge on any atom is -0.312 e. The second-order valence-corrected chi connectivity index (χ2v) is 7.65. The zero-order valence-corrected chi connectivity index (χ0v) is 12.8. The fourth-order valence-corrected chi connectivity index (χ4v) is 3.59. The first-order chi connectivity index (χ1) is 8.47. The van der Waals surface area contributed by atoms with Crippen LogP contribution < -0.4 is 5.32 Å². The molecule has 0 bridgehead atoms. The van der Waals surface area contributed by atoms with Gasteiger partial charge in [0.1, 0.15) is 0 Å². The molecule has 3 unspecified atom stereocenters. The molecular weight excluding hydrogens is 220 g/mol. The summed E-state index contributed by atoms with van der Waals surface area (Å²) in [6.45, 7) is 13.3. The second-order valence-electron chi connectivity index (χ2n) is 7.65. The molecule has 1 N–H and O–H groups in total. The molecular formula is C16H32N2. The molecule has 1 aliphatic heterocycles. The van der Waals surface area contributed by atoms with Crippen LogP contribution in [0.3, 0.4) is 0 Å². The van der Waals surface area contributed by atoms with Crippen molar-refractivity contribution in [3.05, 3.63) is 0 Å². The van der Waals surface area contributed by atoms with Gasteiger partial charge < -0.3 is 5.32 Å². The first-order valence-electron chi connectivity index (χ1n) is 7.94. The van der Waals surface area contributed by atoms with Crippen molar-refractivity contribution >= 4 is 0 Å². The third-order valence-electron chi connectivity index (χ3n) is 4.90. The van der Waals surface area contributed by atoms with Gasteiger partial charge in [-0.15, -0.1) is 0 Å². The first-order valence-corrected chi connectivity index (χ1v) is 7.94. The maximum Gasteiger partial charge on any atom is 0.0243 e. The van der Waals surface area contributed by atoms with Crippen LogP contribution >= 0.6 is 0 Å².